The van der Waals surface area contributed by atoms with Crippen LogP contribution in [0.15, 0.2) is 109 Å². The summed E-state index contributed by atoms with van der Waals surface area (Å²) in [6.07, 6.45) is 76.5. The van der Waals surface area contributed by atoms with Crippen LogP contribution < -0.4 is 0 Å². The summed E-state index contributed by atoms with van der Waals surface area (Å²) < 4.78 is 16.8. The van der Waals surface area contributed by atoms with Gasteiger partial charge in [0.25, 0.3) is 0 Å². The van der Waals surface area contributed by atoms with Gasteiger partial charge in [-0.1, -0.05) is 226 Å². The summed E-state index contributed by atoms with van der Waals surface area (Å²) in [5.41, 5.74) is 0. The Morgan fingerprint density at radius 2 is 0.594 bits per heavy atom. The largest absolute Gasteiger partial charge is 0.462 e. The van der Waals surface area contributed by atoms with E-state index in [-0.39, 0.29) is 37.5 Å². The van der Waals surface area contributed by atoms with Crippen molar-refractivity contribution in [1.29, 1.82) is 0 Å². The van der Waals surface area contributed by atoms with Crippen molar-refractivity contribution in [3.63, 3.8) is 0 Å². The van der Waals surface area contributed by atoms with Crippen molar-refractivity contribution in [2.45, 2.75) is 258 Å². The van der Waals surface area contributed by atoms with Crippen LogP contribution in [-0.4, -0.2) is 37.2 Å². The van der Waals surface area contributed by atoms with Crippen molar-refractivity contribution in [2.75, 3.05) is 13.2 Å². The minimum absolute atomic E-state index is 0.108. The zero-order valence-electron chi connectivity index (χ0n) is 44.8. The molecule has 0 aliphatic rings. The van der Waals surface area contributed by atoms with Gasteiger partial charge in [0.15, 0.2) is 6.10 Å². The highest BCUT2D eigenvalue weighted by Gasteiger charge is 2.19. The van der Waals surface area contributed by atoms with Crippen LogP contribution in [0.5, 0.6) is 0 Å². The van der Waals surface area contributed by atoms with Gasteiger partial charge in [-0.3, -0.25) is 14.4 Å². The molecule has 0 aromatic carbocycles. The molecule has 0 N–H and O–H groups in total. The lowest BCUT2D eigenvalue weighted by molar-refractivity contribution is -0.166. The molecule has 0 saturated heterocycles. The Kier molecular flexibility index (Phi) is 53.4. The molecule has 392 valence electrons. The molecular formula is C63H104O6. The predicted molar refractivity (Wildman–Crippen MR) is 297 cm³/mol. The van der Waals surface area contributed by atoms with Gasteiger partial charge in [-0.25, -0.2) is 0 Å². The number of allylic oxidation sites excluding steroid dienone is 18. The molecule has 0 bridgehead atoms. The Morgan fingerprint density at radius 3 is 1.01 bits per heavy atom. The minimum atomic E-state index is -0.817. The SMILES string of the molecule is CC/C=C\C/C=C\C/C=C\C/C=C\C/C=C\C/C=C\CCC(=O)OC[C@H](COC(=O)CCCCCCCCC/C=C\CCCCCC)OC(=O)CCCCCCCCC/C=C\C/C=C\CCCCC. The highest BCUT2D eigenvalue weighted by atomic mass is 16.6. The van der Waals surface area contributed by atoms with Crippen LogP contribution in [-0.2, 0) is 28.6 Å². The van der Waals surface area contributed by atoms with E-state index in [4.69, 9.17) is 14.2 Å². The Morgan fingerprint density at radius 1 is 0.304 bits per heavy atom. The fourth-order valence-corrected chi connectivity index (χ4v) is 7.49. The number of unbranched alkanes of at least 4 members (excludes halogenated alkanes) is 21. The third kappa shape index (κ3) is 54.9. The van der Waals surface area contributed by atoms with Crippen molar-refractivity contribution in [3.8, 4) is 0 Å². The van der Waals surface area contributed by atoms with E-state index in [2.05, 4.69) is 124 Å². The van der Waals surface area contributed by atoms with Crippen molar-refractivity contribution in [1.82, 2.24) is 0 Å². The van der Waals surface area contributed by atoms with Crippen LogP contribution in [0, 0.1) is 0 Å². The van der Waals surface area contributed by atoms with Crippen LogP contribution in [0.2, 0.25) is 0 Å². The Bertz CT molecular complexity index is 1420. The third-order valence-corrected chi connectivity index (χ3v) is 11.7. The van der Waals surface area contributed by atoms with Gasteiger partial charge >= 0.3 is 17.9 Å². The number of rotatable bonds is 50. The first-order chi connectivity index (χ1) is 34.0. The molecule has 0 aromatic heterocycles. The van der Waals surface area contributed by atoms with E-state index in [0.29, 0.717) is 19.3 Å². The Hall–Kier alpha value is -3.93. The van der Waals surface area contributed by atoms with Crippen LogP contribution in [0.1, 0.15) is 252 Å². The number of carbonyl (C=O) groups excluding carboxylic acids is 3. The summed E-state index contributed by atoms with van der Waals surface area (Å²) >= 11 is 0. The Labute approximate surface area is 425 Å². The van der Waals surface area contributed by atoms with Gasteiger partial charge in [-0.05, 0) is 116 Å². The smallest absolute Gasteiger partial charge is 0.306 e. The molecule has 0 aliphatic heterocycles. The monoisotopic (exact) mass is 957 g/mol. The van der Waals surface area contributed by atoms with E-state index in [1.54, 1.807) is 0 Å². The number of ether oxygens (including phenoxy) is 3. The van der Waals surface area contributed by atoms with E-state index >= 15 is 0 Å². The summed E-state index contributed by atoms with van der Waals surface area (Å²) in [7, 11) is 0. The average Bonchev–Trinajstić information content (AvgIpc) is 3.35. The second kappa shape index (κ2) is 56.7. The first-order valence-electron chi connectivity index (χ1n) is 28.4. The summed E-state index contributed by atoms with van der Waals surface area (Å²) in [6.45, 7) is 6.41. The predicted octanol–water partition coefficient (Wildman–Crippen LogP) is 19.1. The standard InChI is InChI=1S/C63H104O6/c1-4-7-10-13-16-19-22-25-28-30-31-33-35-38-41-44-47-50-53-56-62(65)68-59-60(58-67-61(64)55-52-49-46-43-40-37-34-27-24-21-18-15-12-9-6-3)69-63(66)57-54-51-48-45-42-39-36-32-29-26-23-20-17-14-11-8-5-2/h7,10,16-17,19-21,24-26,28-29,31,33,38,41,47,50,60H,4-6,8-9,11-15,18,22-23,27,30,32,34-37,39-40,42-46,48-49,51-59H2,1-3H3/b10-7-,19-16-,20-17-,24-21-,28-25-,29-26-,33-31-,41-38-,50-47-/t60-/m0/s1. The molecule has 6 heteroatoms. The third-order valence-electron chi connectivity index (χ3n) is 11.7. The number of hydrogen-bond acceptors (Lipinski definition) is 6. The maximum absolute atomic E-state index is 12.9. The molecule has 0 fully saturated rings. The molecule has 0 aliphatic carbocycles. The number of esters is 3. The van der Waals surface area contributed by atoms with Gasteiger partial charge in [0.05, 0.1) is 0 Å². The normalized spacial score (nSPS) is 12.9. The molecule has 0 unspecified atom stereocenters. The molecule has 69 heavy (non-hydrogen) atoms. The molecule has 0 saturated carbocycles. The molecule has 0 radical (unpaired) electrons. The lowest BCUT2D eigenvalue weighted by Crippen LogP contribution is -2.30. The number of carbonyl (C=O) groups is 3. The summed E-state index contributed by atoms with van der Waals surface area (Å²) in [4.78, 5) is 38.1. The fourth-order valence-electron chi connectivity index (χ4n) is 7.49. The van der Waals surface area contributed by atoms with Crippen LogP contribution in [0.4, 0.5) is 0 Å². The molecular weight excluding hydrogens is 853 g/mol. The van der Waals surface area contributed by atoms with Crippen LogP contribution in [0.25, 0.3) is 0 Å². The van der Waals surface area contributed by atoms with Gasteiger partial charge in [0, 0.05) is 19.3 Å². The molecule has 0 spiro atoms. The van der Waals surface area contributed by atoms with E-state index in [9.17, 15) is 14.4 Å². The van der Waals surface area contributed by atoms with Gasteiger partial charge < -0.3 is 14.2 Å². The second-order valence-corrected chi connectivity index (χ2v) is 18.5. The first-order valence-corrected chi connectivity index (χ1v) is 28.4. The maximum atomic E-state index is 12.9. The topological polar surface area (TPSA) is 78.9 Å². The molecule has 0 rings (SSSR count). The van der Waals surface area contributed by atoms with Gasteiger partial charge in [-0.2, -0.15) is 0 Å². The van der Waals surface area contributed by atoms with E-state index < -0.39 is 6.10 Å². The highest BCUT2D eigenvalue weighted by Crippen LogP contribution is 2.14. The summed E-state index contributed by atoms with van der Waals surface area (Å²) in [6, 6.07) is 0. The molecule has 0 aromatic rings. The first kappa shape index (κ1) is 65.1. The van der Waals surface area contributed by atoms with Crippen LogP contribution in [0.3, 0.4) is 0 Å². The van der Waals surface area contributed by atoms with Crippen molar-refractivity contribution < 1.29 is 28.6 Å². The highest BCUT2D eigenvalue weighted by molar-refractivity contribution is 5.71. The second-order valence-electron chi connectivity index (χ2n) is 18.5. The van der Waals surface area contributed by atoms with E-state index in [0.717, 1.165) is 89.9 Å². The molecule has 0 heterocycles. The number of hydrogen-bond donors (Lipinski definition) is 0. The lowest BCUT2D eigenvalue weighted by atomic mass is 10.1. The summed E-state index contributed by atoms with van der Waals surface area (Å²) in [5, 5.41) is 0. The zero-order chi connectivity index (χ0) is 50.0. The van der Waals surface area contributed by atoms with Crippen molar-refractivity contribution in [2.24, 2.45) is 0 Å². The molecule has 0 amide bonds. The lowest BCUT2D eigenvalue weighted by Gasteiger charge is -2.18. The summed E-state index contributed by atoms with van der Waals surface area (Å²) in [5.74, 6) is -1.01. The quantitative estimate of drug-likeness (QED) is 0.0262. The maximum Gasteiger partial charge on any atom is 0.306 e. The van der Waals surface area contributed by atoms with Crippen molar-refractivity contribution >= 4 is 17.9 Å². The zero-order valence-corrected chi connectivity index (χ0v) is 44.8. The fraction of sp³-hybridized carbons (Fsp3) is 0.667. The van der Waals surface area contributed by atoms with Crippen molar-refractivity contribution in [3.05, 3.63) is 109 Å². The molecule has 6 nitrogen and oxygen atoms in total. The molecule has 1 atom stereocenters. The average molecular weight is 958 g/mol. The van der Waals surface area contributed by atoms with Gasteiger partial charge in [0.1, 0.15) is 13.2 Å². The minimum Gasteiger partial charge on any atom is -0.462 e. The van der Waals surface area contributed by atoms with E-state index in [1.165, 1.54) is 116 Å². The van der Waals surface area contributed by atoms with Gasteiger partial charge in [-0.15, -0.1) is 0 Å². The Balaban J connectivity index is 4.53. The van der Waals surface area contributed by atoms with Crippen LogP contribution >= 0.6 is 0 Å². The van der Waals surface area contributed by atoms with Gasteiger partial charge in [0.2, 0.25) is 0 Å². The van der Waals surface area contributed by atoms with E-state index in [1.807, 2.05) is 6.08 Å².